The van der Waals surface area contributed by atoms with Crippen molar-refractivity contribution in [2.75, 3.05) is 17.3 Å². The van der Waals surface area contributed by atoms with Crippen LogP contribution in [0.3, 0.4) is 0 Å². The smallest absolute Gasteiger partial charge is 0.229 e. The average molecular weight is 563 g/mol. The number of aromatic nitrogens is 3. The Hall–Kier alpha value is -5.64. The van der Waals surface area contributed by atoms with Crippen molar-refractivity contribution >= 4 is 28.8 Å². The fourth-order valence-corrected chi connectivity index (χ4v) is 4.34. The van der Waals surface area contributed by atoms with E-state index < -0.39 is 5.82 Å². The van der Waals surface area contributed by atoms with Gasteiger partial charge in [0.15, 0.2) is 11.6 Å². The third-order valence-corrected chi connectivity index (χ3v) is 6.45. The Morgan fingerprint density at radius 3 is 2.40 bits per heavy atom. The largest absolute Gasteiger partial charge is 0.494 e. The van der Waals surface area contributed by atoms with Gasteiger partial charge in [0, 0.05) is 49.8 Å². The molecule has 0 unspecified atom stereocenters. The number of hydrogen-bond acceptors (Lipinski definition) is 7. The first-order chi connectivity index (χ1) is 20.4. The molecule has 3 N–H and O–H groups in total. The molecule has 9 nitrogen and oxygen atoms in total. The normalized spacial score (nSPS) is 14.3. The zero-order chi connectivity index (χ0) is 29.5. The van der Waals surface area contributed by atoms with Gasteiger partial charge in [-0.1, -0.05) is 30.9 Å². The summed E-state index contributed by atoms with van der Waals surface area (Å²) in [5, 5.41) is 3.17. The van der Waals surface area contributed by atoms with E-state index in [1.165, 1.54) is 6.08 Å². The lowest BCUT2D eigenvalue weighted by atomic mass is 10.2. The molecule has 212 valence electrons. The van der Waals surface area contributed by atoms with Crippen molar-refractivity contribution in [2.45, 2.75) is 13.5 Å². The van der Waals surface area contributed by atoms with Crippen LogP contribution in [0.5, 0.6) is 5.75 Å². The molecule has 3 aromatic rings. The van der Waals surface area contributed by atoms with Crippen molar-refractivity contribution in [1.82, 2.24) is 19.4 Å². The van der Waals surface area contributed by atoms with Gasteiger partial charge in [-0.3, -0.25) is 0 Å². The number of halogens is 1. The number of rotatable bonds is 9. The van der Waals surface area contributed by atoms with Gasteiger partial charge in [-0.15, -0.1) is 0 Å². The van der Waals surface area contributed by atoms with Gasteiger partial charge in [-0.05, 0) is 54.5 Å². The molecule has 10 heteroatoms. The van der Waals surface area contributed by atoms with Crippen molar-refractivity contribution < 1.29 is 9.13 Å². The predicted molar refractivity (Wildman–Crippen MR) is 167 cm³/mol. The summed E-state index contributed by atoms with van der Waals surface area (Å²) in [6.07, 6.45) is 29.6. The zero-order valence-corrected chi connectivity index (χ0v) is 23.4. The molecule has 0 atom stereocenters. The number of nitrogens with zero attached hydrogens (tertiary/aromatic N) is 6. The van der Waals surface area contributed by atoms with Crippen molar-refractivity contribution in [3.63, 3.8) is 0 Å². The van der Waals surface area contributed by atoms with Gasteiger partial charge in [0.05, 0.1) is 30.4 Å². The van der Waals surface area contributed by atoms with Gasteiger partial charge in [0.25, 0.3) is 0 Å². The van der Waals surface area contributed by atoms with E-state index in [9.17, 15) is 0 Å². The quantitative estimate of drug-likeness (QED) is 0.229. The first-order valence-electron chi connectivity index (χ1n) is 13.2. The summed E-state index contributed by atoms with van der Waals surface area (Å²) in [7, 11) is 1.56. The molecular weight excluding hydrogens is 531 g/mol. The Morgan fingerprint density at radius 2 is 1.74 bits per heavy atom. The van der Waals surface area contributed by atoms with Gasteiger partial charge in [0.1, 0.15) is 11.6 Å². The van der Waals surface area contributed by atoms with Crippen molar-refractivity contribution in [3.05, 3.63) is 134 Å². The molecule has 0 radical (unpaired) electrons. The summed E-state index contributed by atoms with van der Waals surface area (Å²) < 4.78 is 22.4. The number of anilines is 3. The summed E-state index contributed by atoms with van der Waals surface area (Å²) in [6.45, 7) is 6.33. The summed E-state index contributed by atoms with van der Waals surface area (Å²) in [5.74, 6) is 0.486. The highest BCUT2D eigenvalue weighted by molar-refractivity contribution is 5.95. The lowest BCUT2D eigenvalue weighted by Crippen LogP contribution is -2.10. The Kier molecular flexibility index (Phi) is 8.43. The van der Waals surface area contributed by atoms with Crippen LogP contribution in [0.4, 0.5) is 27.4 Å². The number of benzene rings is 1. The van der Waals surface area contributed by atoms with Crippen molar-refractivity contribution in [1.29, 1.82) is 0 Å². The molecule has 1 aromatic carbocycles. The molecule has 0 amide bonds. The second kappa shape index (κ2) is 12.7. The van der Waals surface area contributed by atoms with Crippen LogP contribution in [0.15, 0.2) is 122 Å². The van der Waals surface area contributed by atoms with Crippen LogP contribution in [0, 0.1) is 12.7 Å². The average Bonchev–Trinajstić information content (AvgIpc) is 3.21. The molecule has 42 heavy (non-hydrogen) atoms. The van der Waals surface area contributed by atoms with Crippen LogP contribution in [0.1, 0.15) is 11.1 Å². The van der Waals surface area contributed by atoms with Gasteiger partial charge in [-0.25, -0.2) is 14.4 Å². The second-order valence-electron chi connectivity index (χ2n) is 9.36. The number of methoxy groups -OCH3 is 1. The maximum absolute atomic E-state index is 15.0. The van der Waals surface area contributed by atoms with Crippen LogP contribution < -0.4 is 20.7 Å². The van der Waals surface area contributed by atoms with E-state index in [-0.39, 0.29) is 17.6 Å². The van der Waals surface area contributed by atoms with E-state index in [1.807, 2.05) is 104 Å². The van der Waals surface area contributed by atoms with E-state index in [0.29, 0.717) is 23.7 Å². The molecule has 2 aromatic heterocycles. The van der Waals surface area contributed by atoms with E-state index in [0.717, 1.165) is 23.0 Å². The molecular formula is C32H31FN8O. The number of nitrogens with one attached hydrogen (secondary N) is 1. The van der Waals surface area contributed by atoms with Crippen LogP contribution in [0.25, 0.3) is 5.82 Å². The minimum atomic E-state index is -0.555. The molecule has 2 aliphatic heterocycles. The Labute approximate surface area is 244 Å². The van der Waals surface area contributed by atoms with E-state index in [4.69, 9.17) is 10.5 Å². The Balaban J connectivity index is 1.48. The minimum absolute atomic E-state index is 0.113. The van der Waals surface area contributed by atoms with E-state index in [1.54, 1.807) is 17.7 Å². The van der Waals surface area contributed by atoms with Crippen molar-refractivity contribution in [3.8, 4) is 11.6 Å². The molecule has 0 aliphatic carbocycles. The number of allylic oxidation sites excluding steroid dienone is 8. The Morgan fingerprint density at radius 1 is 1.05 bits per heavy atom. The summed E-state index contributed by atoms with van der Waals surface area (Å²) >= 11 is 0. The fraction of sp³-hybridized carbons (Fsp3) is 0.0938. The molecule has 0 spiro atoms. The first kappa shape index (κ1) is 27.9. The van der Waals surface area contributed by atoms with Gasteiger partial charge >= 0.3 is 0 Å². The highest BCUT2D eigenvalue weighted by atomic mass is 19.1. The molecule has 0 saturated heterocycles. The highest BCUT2D eigenvalue weighted by Gasteiger charge is 2.17. The molecule has 2 aliphatic rings. The molecule has 0 bridgehead atoms. The maximum atomic E-state index is 15.0. The SMILES string of the molecule is C=CC(N)=Nc1cc(Nc2ncc(F)c(-n3cc(C)c(CN4C=CC=CC=C4)c3)n2)c(OC)cc1N1C=CC=CC=C1. The monoisotopic (exact) mass is 562 g/mol. The van der Waals surface area contributed by atoms with Crippen LogP contribution in [0.2, 0.25) is 0 Å². The van der Waals surface area contributed by atoms with Gasteiger partial charge < -0.3 is 30.2 Å². The molecule has 0 saturated carbocycles. The van der Waals surface area contributed by atoms with Crippen LogP contribution in [-0.2, 0) is 6.54 Å². The predicted octanol–water partition coefficient (Wildman–Crippen LogP) is 6.44. The van der Waals surface area contributed by atoms with Crippen molar-refractivity contribution in [2.24, 2.45) is 10.7 Å². The molecule has 0 fully saturated rings. The van der Waals surface area contributed by atoms with Crippen LogP contribution >= 0.6 is 0 Å². The highest BCUT2D eigenvalue weighted by Crippen LogP contribution is 2.40. The maximum Gasteiger partial charge on any atom is 0.229 e. The number of hydrogen-bond donors (Lipinski definition) is 2. The fourth-order valence-electron chi connectivity index (χ4n) is 4.34. The second-order valence-corrected chi connectivity index (χ2v) is 9.36. The third kappa shape index (κ3) is 6.39. The number of amidine groups is 1. The van der Waals surface area contributed by atoms with Gasteiger partial charge in [0.2, 0.25) is 5.95 Å². The summed E-state index contributed by atoms with van der Waals surface area (Å²) in [6, 6.07) is 3.59. The lowest BCUT2D eigenvalue weighted by molar-refractivity contribution is 0.417. The number of ether oxygens (including phenoxy) is 1. The van der Waals surface area contributed by atoms with E-state index >= 15 is 4.39 Å². The number of aliphatic imine (C=N–C) groups is 1. The summed E-state index contributed by atoms with van der Waals surface area (Å²) in [4.78, 5) is 17.2. The summed E-state index contributed by atoms with van der Waals surface area (Å²) in [5.41, 5.74) is 9.85. The Bertz CT molecular complexity index is 1660. The standard InChI is InChI=1S/C32H31FN8O/c1-4-30(34)36-26-17-27(29(42-3)18-28(26)40-15-11-7-8-12-16-40)37-32-35-19-25(33)31(38-32)41-20-23(2)24(22-41)21-39-13-9-5-6-10-14-39/h4-20,22H,1,21H2,2-3H3,(H2,34,36)(H,35,37,38). The van der Waals surface area contributed by atoms with Gasteiger partial charge in [-0.2, -0.15) is 4.98 Å². The number of nitrogens with two attached hydrogens (primary N) is 1. The molecule has 4 heterocycles. The minimum Gasteiger partial charge on any atom is -0.494 e. The topological polar surface area (TPSA) is 96.8 Å². The first-order valence-corrected chi connectivity index (χ1v) is 13.2. The zero-order valence-electron chi connectivity index (χ0n) is 23.4. The van der Waals surface area contributed by atoms with E-state index in [2.05, 4.69) is 31.8 Å². The lowest BCUT2D eigenvalue weighted by Gasteiger charge is -2.21. The molecule has 5 rings (SSSR count). The number of aryl methyl sites for hydroxylation is 1. The third-order valence-electron chi connectivity index (χ3n) is 6.45. The van der Waals surface area contributed by atoms with Crippen LogP contribution in [-0.4, -0.2) is 32.4 Å².